The minimum atomic E-state index is -0.490. The lowest BCUT2D eigenvalue weighted by molar-refractivity contribution is -0.124. The van der Waals surface area contributed by atoms with Gasteiger partial charge in [0, 0.05) is 26.2 Å². The number of ether oxygens (including phenoxy) is 1. The molecule has 3 unspecified atom stereocenters. The largest absolute Gasteiger partial charge is 0.380 e. The van der Waals surface area contributed by atoms with Gasteiger partial charge < -0.3 is 15.8 Å². The Bertz CT molecular complexity index is 297. The van der Waals surface area contributed by atoms with Crippen LogP contribution in [0, 0.1) is 0 Å². The molecule has 98 valence electrons. The highest BCUT2D eigenvalue weighted by Gasteiger charge is 2.45. The summed E-state index contributed by atoms with van der Waals surface area (Å²) in [4.78, 5) is 14.0. The van der Waals surface area contributed by atoms with Gasteiger partial charge in [-0.25, -0.2) is 0 Å². The molecule has 5 heteroatoms. The van der Waals surface area contributed by atoms with E-state index in [0.29, 0.717) is 12.1 Å². The van der Waals surface area contributed by atoms with Crippen molar-refractivity contribution in [2.75, 3.05) is 27.2 Å². The zero-order valence-corrected chi connectivity index (χ0v) is 10.7. The van der Waals surface area contributed by atoms with E-state index in [1.54, 1.807) is 7.11 Å². The number of hydrogen-bond donors (Lipinski definition) is 2. The summed E-state index contributed by atoms with van der Waals surface area (Å²) in [5.74, 6) is -0.218. The van der Waals surface area contributed by atoms with E-state index in [1.165, 1.54) is 0 Å². The number of methoxy groups -OCH3 is 1. The summed E-state index contributed by atoms with van der Waals surface area (Å²) in [7, 11) is 3.60. The van der Waals surface area contributed by atoms with Crippen molar-refractivity contribution < 1.29 is 9.53 Å². The number of hydrogen-bond acceptors (Lipinski definition) is 4. The van der Waals surface area contributed by atoms with Gasteiger partial charge in [-0.2, -0.15) is 0 Å². The Balaban J connectivity index is 1.96. The lowest BCUT2D eigenvalue weighted by Gasteiger charge is -2.28. The molecule has 1 aliphatic carbocycles. The van der Waals surface area contributed by atoms with E-state index in [-0.39, 0.29) is 5.91 Å². The molecule has 1 heterocycles. The molecule has 0 aromatic heterocycles. The highest BCUT2D eigenvalue weighted by atomic mass is 16.5. The van der Waals surface area contributed by atoms with Gasteiger partial charge >= 0.3 is 0 Å². The molecule has 2 rings (SSSR count). The molecule has 2 fully saturated rings. The van der Waals surface area contributed by atoms with Crippen LogP contribution in [-0.4, -0.2) is 55.7 Å². The van der Waals surface area contributed by atoms with Crippen LogP contribution in [0.1, 0.15) is 25.7 Å². The third kappa shape index (κ3) is 2.32. The van der Waals surface area contributed by atoms with E-state index in [4.69, 9.17) is 10.5 Å². The average Bonchev–Trinajstić information content (AvgIpc) is 2.96. The number of rotatable bonds is 4. The third-order valence-electron chi connectivity index (χ3n) is 4.46. The van der Waals surface area contributed by atoms with Gasteiger partial charge in [0.15, 0.2) is 0 Å². The molecule has 1 saturated carbocycles. The predicted molar refractivity (Wildman–Crippen MR) is 65.6 cm³/mol. The van der Waals surface area contributed by atoms with Crippen molar-refractivity contribution in [3.8, 4) is 0 Å². The van der Waals surface area contributed by atoms with Gasteiger partial charge in [-0.05, 0) is 32.7 Å². The van der Waals surface area contributed by atoms with Crippen LogP contribution in [0.4, 0.5) is 0 Å². The minimum absolute atomic E-state index is 0.218. The number of amides is 1. The number of nitrogens with two attached hydrogens (primary N) is 1. The molecule has 5 nitrogen and oxygen atoms in total. The standard InChI is InChI=1S/C12H23N3O2/c1-14-12(11(13)16)5-3-9(7-12)15-6-4-10(8-15)17-2/h9-10,14H,3-8H2,1-2H3,(H2,13,16). The average molecular weight is 241 g/mol. The summed E-state index contributed by atoms with van der Waals surface area (Å²) in [6.07, 6.45) is 4.16. The Hall–Kier alpha value is -0.650. The normalized spacial score (nSPS) is 38.7. The van der Waals surface area contributed by atoms with Crippen LogP contribution in [0.25, 0.3) is 0 Å². The summed E-state index contributed by atoms with van der Waals surface area (Å²) in [6, 6.07) is 0.468. The first-order chi connectivity index (χ1) is 8.11. The maximum absolute atomic E-state index is 11.6. The Morgan fingerprint density at radius 1 is 1.53 bits per heavy atom. The predicted octanol–water partition coefficient (Wildman–Crippen LogP) is -0.297. The quantitative estimate of drug-likeness (QED) is 0.709. The molecular weight excluding hydrogens is 218 g/mol. The van der Waals surface area contributed by atoms with E-state index in [9.17, 15) is 4.79 Å². The molecule has 2 aliphatic rings. The fourth-order valence-electron chi connectivity index (χ4n) is 3.18. The molecule has 1 amide bonds. The second-order valence-corrected chi connectivity index (χ2v) is 5.23. The SMILES string of the molecule is CNC1(C(N)=O)CCC(N2CCC(OC)C2)C1. The molecule has 1 saturated heterocycles. The number of nitrogens with zero attached hydrogens (tertiary/aromatic N) is 1. The lowest BCUT2D eigenvalue weighted by Crippen LogP contribution is -2.53. The van der Waals surface area contributed by atoms with E-state index in [2.05, 4.69) is 10.2 Å². The molecule has 0 aromatic rings. The topological polar surface area (TPSA) is 67.6 Å². The van der Waals surface area contributed by atoms with Crippen LogP contribution in [-0.2, 0) is 9.53 Å². The first-order valence-corrected chi connectivity index (χ1v) is 6.37. The fourth-order valence-corrected chi connectivity index (χ4v) is 3.18. The number of likely N-dealkylation sites (N-methyl/N-ethyl adjacent to an activating group) is 1. The van der Waals surface area contributed by atoms with Gasteiger partial charge in [-0.1, -0.05) is 0 Å². The molecule has 1 aliphatic heterocycles. The summed E-state index contributed by atoms with van der Waals surface area (Å²) in [5.41, 5.74) is 5.02. The fraction of sp³-hybridized carbons (Fsp3) is 0.917. The monoisotopic (exact) mass is 241 g/mol. The van der Waals surface area contributed by atoms with Crippen molar-refractivity contribution in [3.05, 3.63) is 0 Å². The van der Waals surface area contributed by atoms with Gasteiger partial charge in [-0.15, -0.1) is 0 Å². The maximum Gasteiger partial charge on any atom is 0.237 e. The van der Waals surface area contributed by atoms with Crippen LogP contribution in [0.15, 0.2) is 0 Å². The van der Waals surface area contributed by atoms with E-state index >= 15 is 0 Å². The van der Waals surface area contributed by atoms with Crippen LogP contribution in [0.2, 0.25) is 0 Å². The van der Waals surface area contributed by atoms with Crippen molar-refractivity contribution >= 4 is 5.91 Å². The molecular formula is C12H23N3O2. The second kappa shape index (κ2) is 4.92. The Morgan fingerprint density at radius 3 is 2.76 bits per heavy atom. The maximum atomic E-state index is 11.6. The number of carbonyl (C=O) groups is 1. The first-order valence-electron chi connectivity index (χ1n) is 6.37. The number of nitrogens with one attached hydrogen (secondary N) is 1. The highest BCUT2D eigenvalue weighted by Crippen LogP contribution is 2.34. The summed E-state index contributed by atoms with van der Waals surface area (Å²) < 4.78 is 5.38. The number of likely N-dealkylation sites (tertiary alicyclic amines) is 1. The van der Waals surface area contributed by atoms with Crippen molar-refractivity contribution in [1.29, 1.82) is 0 Å². The number of carbonyl (C=O) groups excluding carboxylic acids is 1. The third-order valence-corrected chi connectivity index (χ3v) is 4.46. The summed E-state index contributed by atoms with van der Waals surface area (Å²) in [5, 5.41) is 3.12. The lowest BCUT2D eigenvalue weighted by atomic mass is 9.96. The van der Waals surface area contributed by atoms with Crippen LogP contribution >= 0.6 is 0 Å². The van der Waals surface area contributed by atoms with E-state index in [0.717, 1.165) is 38.8 Å². The molecule has 3 atom stereocenters. The summed E-state index contributed by atoms with van der Waals surface area (Å²) >= 11 is 0. The van der Waals surface area contributed by atoms with Crippen molar-refractivity contribution in [2.24, 2.45) is 5.73 Å². The molecule has 0 bridgehead atoms. The molecule has 0 spiro atoms. The molecule has 0 radical (unpaired) electrons. The Morgan fingerprint density at radius 2 is 2.29 bits per heavy atom. The van der Waals surface area contributed by atoms with Gasteiger partial charge in [0.2, 0.25) is 5.91 Å². The molecule has 0 aromatic carbocycles. The van der Waals surface area contributed by atoms with Crippen molar-refractivity contribution in [2.45, 2.75) is 43.4 Å². The molecule has 17 heavy (non-hydrogen) atoms. The number of primary amides is 1. The smallest absolute Gasteiger partial charge is 0.237 e. The van der Waals surface area contributed by atoms with Gasteiger partial charge in [0.25, 0.3) is 0 Å². The minimum Gasteiger partial charge on any atom is -0.380 e. The Kier molecular flexibility index (Phi) is 3.70. The first kappa shape index (κ1) is 12.8. The van der Waals surface area contributed by atoms with Crippen LogP contribution in [0.5, 0.6) is 0 Å². The van der Waals surface area contributed by atoms with E-state index in [1.807, 2.05) is 7.05 Å². The van der Waals surface area contributed by atoms with Gasteiger partial charge in [0.05, 0.1) is 11.6 Å². The summed E-state index contributed by atoms with van der Waals surface area (Å²) in [6.45, 7) is 2.06. The molecule has 3 N–H and O–H groups in total. The van der Waals surface area contributed by atoms with Crippen LogP contribution in [0.3, 0.4) is 0 Å². The van der Waals surface area contributed by atoms with Crippen molar-refractivity contribution in [1.82, 2.24) is 10.2 Å². The van der Waals surface area contributed by atoms with Crippen molar-refractivity contribution in [3.63, 3.8) is 0 Å². The van der Waals surface area contributed by atoms with Gasteiger partial charge in [-0.3, -0.25) is 9.69 Å². The van der Waals surface area contributed by atoms with Gasteiger partial charge in [0.1, 0.15) is 0 Å². The Labute approximate surface area is 103 Å². The van der Waals surface area contributed by atoms with E-state index < -0.39 is 5.54 Å². The second-order valence-electron chi connectivity index (χ2n) is 5.23. The zero-order valence-electron chi connectivity index (χ0n) is 10.7. The van der Waals surface area contributed by atoms with Crippen LogP contribution < -0.4 is 11.1 Å². The highest BCUT2D eigenvalue weighted by molar-refractivity contribution is 5.85. The zero-order chi connectivity index (χ0) is 12.5.